The molecular weight excluding hydrogens is 187 g/mol. The van der Waals surface area contributed by atoms with Crippen LogP contribution in [0, 0.1) is 5.92 Å². The van der Waals surface area contributed by atoms with Gasteiger partial charge in [0.15, 0.2) is 0 Å². The molecule has 0 aromatic rings. The van der Waals surface area contributed by atoms with E-state index in [1.54, 1.807) is 12.2 Å². The van der Waals surface area contributed by atoms with Crippen molar-refractivity contribution in [2.75, 3.05) is 0 Å². The fourth-order valence-electron chi connectivity index (χ4n) is 0.766. The molecule has 2 heteroatoms. The van der Waals surface area contributed by atoms with E-state index in [4.69, 9.17) is 0 Å². The summed E-state index contributed by atoms with van der Waals surface area (Å²) < 4.78 is 0. The Labute approximate surface area is 86.1 Å². The van der Waals surface area contributed by atoms with Crippen LogP contribution < -0.4 is 0 Å². The zero-order valence-corrected chi connectivity index (χ0v) is 8.68. The third-order valence-electron chi connectivity index (χ3n) is 1.34. The molecule has 0 N–H and O–H groups in total. The van der Waals surface area contributed by atoms with E-state index in [1.807, 2.05) is 19.3 Å². The first kappa shape index (κ1) is 14.0. The molecule has 0 heterocycles. The van der Waals surface area contributed by atoms with Gasteiger partial charge in [0.2, 0.25) is 0 Å². The Bertz CT molecular complexity index is 182. The van der Waals surface area contributed by atoms with E-state index in [0.717, 1.165) is 5.57 Å². The molecule has 0 bridgehead atoms. The Morgan fingerprint density at radius 1 is 1.58 bits per heavy atom. The van der Waals surface area contributed by atoms with Gasteiger partial charge in [-0.2, -0.15) is 0 Å². The van der Waals surface area contributed by atoms with Crippen LogP contribution in [0.3, 0.4) is 0 Å². The van der Waals surface area contributed by atoms with Crippen molar-refractivity contribution in [3.63, 3.8) is 0 Å². The minimum Gasteiger partial charge on any atom is -0.542 e. The monoisotopic (exact) mass is 200 g/mol. The van der Waals surface area contributed by atoms with E-state index in [-0.39, 0.29) is 24.5 Å². The summed E-state index contributed by atoms with van der Waals surface area (Å²) in [5.74, 6) is -0.0563. The molecule has 0 aromatic heterocycles. The summed E-state index contributed by atoms with van der Waals surface area (Å²) in [6.07, 6.45) is 7.88. The van der Waals surface area contributed by atoms with Crippen molar-refractivity contribution in [2.24, 2.45) is 5.92 Å². The molecule has 0 aromatic carbocycles. The van der Waals surface area contributed by atoms with Gasteiger partial charge in [-0.05, 0) is 6.42 Å². The number of allylic oxidation sites excluding steroid dienone is 4. The van der Waals surface area contributed by atoms with Crippen molar-refractivity contribution in [3.8, 4) is 0 Å². The Hall–Kier alpha value is -0.526. The summed E-state index contributed by atoms with van der Waals surface area (Å²) in [7, 11) is 0. The van der Waals surface area contributed by atoms with Gasteiger partial charge in [0.05, 0.1) is 0 Å². The summed E-state index contributed by atoms with van der Waals surface area (Å²) in [6, 6.07) is 0. The van der Waals surface area contributed by atoms with Crippen LogP contribution in [0.2, 0.25) is 0 Å². The SMILES string of the molecule is C=C/C=C(\C=C)C[C@H](C)[C-]=O.[V]. The molecule has 0 aliphatic carbocycles. The third-order valence-corrected chi connectivity index (χ3v) is 1.34. The van der Waals surface area contributed by atoms with Gasteiger partial charge in [-0.1, -0.05) is 43.9 Å². The first-order valence-electron chi connectivity index (χ1n) is 3.56. The van der Waals surface area contributed by atoms with Crippen LogP contribution in [0.15, 0.2) is 37.0 Å². The predicted molar refractivity (Wildman–Crippen MR) is 48.0 cm³/mol. The molecule has 1 radical (unpaired) electrons. The van der Waals surface area contributed by atoms with Crippen LogP contribution in [0.25, 0.3) is 0 Å². The molecule has 0 unspecified atom stereocenters. The van der Waals surface area contributed by atoms with Gasteiger partial charge in [-0.25, -0.2) is 0 Å². The second kappa shape index (κ2) is 8.57. The van der Waals surface area contributed by atoms with Crippen molar-refractivity contribution in [3.05, 3.63) is 37.0 Å². The van der Waals surface area contributed by atoms with Crippen LogP contribution in [0.4, 0.5) is 0 Å². The van der Waals surface area contributed by atoms with E-state index in [0.29, 0.717) is 6.42 Å². The molecule has 1 nitrogen and oxygen atoms in total. The number of carbonyl (C=O) groups excluding carboxylic acids is 1. The van der Waals surface area contributed by atoms with E-state index in [1.165, 1.54) is 0 Å². The maximum absolute atomic E-state index is 10.1. The topological polar surface area (TPSA) is 17.1 Å². The van der Waals surface area contributed by atoms with Crippen molar-refractivity contribution in [1.29, 1.82) is 0 Å². The minimum atomic E-state index is -0.0563. The molecule has 12 heavy (non-hydrogen) atoms. The molecular formula is C10H13OV-. The van der Waals surface area contributed by atoms with Crippen molar-refractivity contribution in [2.45, 2.75) is 13.3 Å². The van der Waals surface area contributed by atoms with Gasteiger partial charge in [-0.15, -0.1) is 5.92 Å². The summed E-state index contributed by atoms with van der Waals surface area (Å²) in [4.78, 5) is 10.1. The van der Waals surface area contributed by atoms with Gasteiger partial charge in [0.1, 0.15) is 0 Å². The number of hydrogen-bond donors (Lipinski definition) is 0. The van der Waals surface area contributed by atoms with Crippen LogP contribution in [0.1, 0.15) is 13.3 Å². The standard InChI is InChI=1S/C10H13O.V/c1-4-6-10(5-2)7-9(3)8-11;/h4-6,9H,1-2,7H2,3H3;/q-1;/b10-6+;/t9-;/m0./s1. The first-order valence-corrected chi connectivity index (χ1v) is 3.56. The number of rotatable bonds is 5. The van der Waals surface area contributed by atoms with Crippen molar-refractivity contribution >= 4 is 6.29 Å². The maximum atomic E-state index is 10.1. The van der Waals surface area contributed by atoms with Crippen molar-refractivity contribution < 1.29 is 23.4 Å². The molecule has 1 atom stereocenters. The molecule has 0 saturated carbocycles. The van der Waals surface area contributed by atoms with Crippen LogP contribution in [0.5, 0.6) is 0 Å². The first-order chi connectivity index (χ1) is 5.24. The largest absolute Gasteiger partial charge is 0.542 e. The van der Waals surface area contributed by atoms with E-state index in [9.17, 15) is 4.79 Å². The molecule has 0 rings (SSSR count). The van der Waals surface area contributed by atoms with Crippen molar-refractivity contribution in [1.82, 2.24) is 0 Å². The molecule has 0 amide bonds. The molecule has 0 fully saturated rings. The quantitative estimate of drug-likeness (QED) is 0.492. The van der Waals surface area contributed by atoms with E-state index < -0.39 is 0 Å². The second-order valence-electron chi connectivity index (χ2n) is 2.40. The van der Waals surface area contributed by atoms with Gasteiger partial charge in [0.25, 0.3) is 0 Å². The van der Waals surface area contributed by atoms with Gasteiger partial charge < -0.3 is 4.79 Å². The second-order valence-corrected chi connectivity index (χ2v) is 2.40. The molecule has 65 valence electrons. The Kier molecular flexibility index (Phi) is 10.0. The van der Waals surface area contributed by atoms with Crippen LogP contribution in [-0.4, -0.2) is 6.29 Å². The van der Waals surface area contributed by atoms with Crippen LogP contribution >= 0.6 is 0 Å². The smallest absolute Gasteiger partial charge is 0 e. The molecule has 0 saturated heterocycles. The normalized spacial score (nSPS) is 12.6. The molecule has 0 aliphatic heterocycles. The Morgan fingerprint density at radius 3 is 2.50 bits per heavy atom. The maximum Gasteiger partial charge on any atom is 0 e. The van der Waals surface area contributed by atoms with Gasteiger partial charge in [-0.3, -0.25) is 6.29 Å². The zero-order chi connectivity index (χ0) is 8.69. The molecule has 0 spiro atoms. The summed E-state index contributed by atoms with van der Waals surface area (Å²) in [6.45, 7) is 9.01. The van der Waals surface area contributed by atoms with E-state index in [2.05, 4.69) is 13.2 Å². The predicted octanol–water partition coefficient (Wildman–Crippen LogP) is 2.42. The Morgan fingerprint density at radius 2 is 2.17 bits per heavy atom. The third kappa shape index (κ3) is 6.20. The fraction of sp³-hybridized carbons (Fsp3) is 0.300. The summed E-state index contributed by atoms with van der Waals surface area (Å²) in [5, 5.41) is 0. The average molecular weight is 200 g/mol. The zero-order valence-electron chi connectivity index (χ0n) is 7.29. The van der Waals surface area contributed by atoms with E-state index >= 15 is 0 Å². The average Bonchev–Trinajstić information content (AvgIpc) is 2.03. The molecule has 0 aliphatic rings. The summed E-state index contributed by atoms with van der Waals surface area (Å²) in [5.41, 5.74) is 1.02. The fourth-order valence-corrected chi connectivity index (χ4v) is 0.766. The number of hydrogen-bond acceptors (Lipinski definition) is 1. The van der Waals surface area contributed by atoms with Gasteiger partial charge >= 0.3 is 0 Å². The van der Waals surface area contributed by atoms with Crippen LogP contribution in [-0.2, 0) is 23.4 Å². The summed E-state index contributed by atoms with van der Waals surface area (Å²) >= 11 is 0. The Balaban J connectivity index is 0. The van der Waals surface area contributed by atoms with Gasteiger partial charge in [0, 0.05) is 18.6 Å². The minimum absolute atomic E-state index is 0.